The van der Waals surface area contributed by atoms with E-state index in [9.17, 15) is 23.9 Å². The molecule has 2 unspecified atom stereocenters. The molecule has 2 aromatic heterocycles. The largest absolute Gasteiger partial charge is 0.481 e. The van der Waals surface area contributed by atoms with Crippen LogP contribution in [0.2, 0.25) is 0 Å². The number of phosphoric acid groups is 2. The number of phosphoric ester groups is 1. The maximum atomic E-state index is 12.1. The van der Waals surface area contributed by atoms with Crippen LogP contribution < -0.4 is 15.9 Å². The van der Waals surface area contributed by atoms with Crippen molar-refractivity contribution in [2.24, 2.45) is 7.05 Å². The highest BCUT2D eigenvalue weighted by atomic mass is 31.3. The first kappa shape index (κ1) is 23.0. The molecule has 5 atom stereocenters. The Hall–Kier alpha value is -1.71. The summed E-state index contributed by atoms with van der Waals surface area (Å²) in [4.78, 5) is 45.3. The summed E-state index contributed by atoms with van der Waals surface area (Å²) in [5.74, 6) is -0.168. The van der Waals surface area contributed by atoms with Crippen molar-refractivity contribution in [3.05, 3.63) is 16.7 Å². The number of fused-ring (bicyclic) bond motifs is 1. The molecule has 18 heteroatoms. The average Bonchev–Trinajstić information content (AvgIpc) is 3.07. The lowest BCUT2D eigenvalue weighted by molar-refractivity contribution is -0.646. The number of aliphatic hydroxyl groups is 1. The number of aromatic amines is 1. The summed E-state index contributed by atoms with van der Waals surface area (Å²) < 4.78 is 44.3. The number of methoxy groups -OCH3 is 1. The van der Waals surface area contributed by atoms with Crippen molar-refractivity contribution in [1.82, 2.24) is 14.5 Å². The van der Waals surface area contributed by atoms with Gasteiger partial charge in [-0.3, -0.25) is 14.3 Å². The van der Waals surface area contributed by atoms with E-state index in [0.29, 0.717) is 0 Å². The Kier molecular flexibility index (Phi) is 6.19. The molecule has 0 saturated carbocycles. The highest BCUT2D eigenvalue weighted by Gasteiger charge is 2.49. The van der Waals surface area contributed by atoms with Gasteiger partial charge in [-0.2, -0.15) is 13.9 Å². The van der Waals surface area contributed by atoms with Gasteiger partial charge >= 0.3 is 21.2 Å². The summed E-state index contributed by atoms with van der Waals surface area (Å²) in [6.45, 7) is -0.721. The van der Waals surface area contributed by atoms with Crippen LogP contribution in [0.5, 0.6) is 0 Å². The number of H-pyrrole nitrogens is 1. The maximum absolute atomic E-state index is 12.1. The fraction of sp³-hybridized carbons (Fsp3) is 0.583. The Morgan fingerprint density at radius 3 is 2.67 bits per heavy atom. The summed E-state index contributed by atoms with van der Waals surface area (Å²) in [6.07, 6.45) is -3.32. The molecule has 1 fully saturated rings. The highest BCUT2D eigenvalue weighted by Crippen LogP contribution is 2.57. The topological polar surface area (TPSA) is 233 Å². The molecule has 0 amide bonds. The van der Waals surface area contributed by atoms with Crippen LogP contribution >= 0.6 is 15.6 Å². The molecule has 1 aliphatic heterocycles. The number of hydrogen-bond donors (Lipinski definition) is 6. The Bertz CT molecular complexity index is 1100. The van der Waals surface area contributed by atoms with Crippen LogP contribution in [0.1, 0.15) is 6.23 Å². The van der Waals surface area contributed by atoms with Gasteiger partial charge in [-0.1, -0.05) is 0 Å². The van der Waals surface area contributed by atoms with Gasteiger partial charge in [-0.25, -0.2) is 13.7 Å². The summed E-state index contributed by atoms with van der Waals surface area (Å²) >= 11 is 0. The van der Waals surface area contributed by atoms with Crippen LogP contribution in [0.4, 0.5) is 5.95 Å². The number of nitrogens with two attached hydrogens (primary N) is 1. The molecule has 1 saturated heterocycles. The van der Waals surface area contributed by atoms with E-state index in [1.165, 1.54) is 22.6 Å². The fourth-order valence-electron chi connectivity index (χ4n) is 3.16. The predicted molar refractivity (Wildman–Crippen MR) is 95.6 cm³/mol. The van der Waals surface area contributed by atoms with E-state index in [1.807, 2.05) is 0 Å². The van der Waals surface area contributed by atoms with Crippen molar-refractivity contribution in [2.75, 3.05) is 19.5 Å². The third kappa shape index (κ3) is 4.63. The molecular formula is C12H20N5O11P2+. The number of ether oxygens (including phenoxy) is 2. The van der Waals surface area contributed by atoms with Crippen LogP contribution in [0.15, 0.2) is 11.1 Å². The monoisotopic (exact) mass is 472 g/mol. The molecule has 3 rings (SSSR count). The quantitative estimate of drug-likeness (QED) is 0.183. The lowest BCUT2D eigenvalue weighted by Gasteiger charge is -2.19. The Balaban J connectivity index is 1.87. The standard InChI is InChI=1S/C12H19N5O11P2/c1-16-4-17(9-6(16)10(19)15-12(13)14-9)11-7(18)8(25-2)5(27-11)3-26-30(23,24)28-29(20,21)22/h4-5,7-8,11,18H,3H2,1-2H3,(H5-,13,14,15,19,20,21,22,23,24)/p+1/t5-,7?,8+,11-/m1/s1. The second-order valence-electron chi connectivity index (χ2n) is 6.35. The van der Waals surface area contributed by atoms with Gasteiger partial charge in [-0.15, -0.1) is 0 Å². The number of aryl methyl sites for hydroxylation is 1. The van der Waals surface area contributed by atoms with Crippen molar-refractivity contribution >= 4 is 32.8 Å². The summed E-state index contributed by atoms with van der Waals surface area (Å²) in [5.41, 5.74) is 5.30. The lowest BCUT2D eigenvalue weighted by atomic mass is 10.1. The summed E-state index contributed by atoms with van der Waals surface area (Å²) in [6, 6.07) is 0. The normalized spacial score (nSPS) is 26.9. The van der Waals surface area contributed by atoms with E-state index in [4.69, 9.17) is 25.0 Å². The molecule has 1 aliphatic rings. The molecule has 0 aromatic carbocycles. The van der Waals surface area contributed by atoms with Crippen LogP contribution in [-0.4, -0.2) is 66.4 Å². The number of nitrogen functional groups attached to an aromatic ring is 1. The maximum Gasteiger partial charge on any atom is 0.481 e. The minimum Gasteiger partial charge on any atom is -0.383 e. The number of nitrogens with one attached hydrogen (secondary N) is 1. The average molecular weight is 472 g/mol. The molecule has 30 heavy (non-hydrogen) atoms. The van der Waals surface area contributed by atoms with Crippen molar-refractivity contribution in [3.63, 3.8) is 0 Å². The van der Waals surface area contributed by atoms with Crippen LogP contribution in [0.3, 0.4) is 0 Å². The molecular weight excluding hydrogens is 452 g/mol. The van der Waals surface area contributed by atoms with Crippen molar-refractivity contribution in [2.45, 2.75) is 24.5 Å². The molecule has 2 aromatic rings. The van der Waals surface area contributed by atoms with E-state index in [1.54, 1.807) is 7.05 Å². The third-order valence-electron chi connectivity index (χ3n) is 4.26. The number of anilines is 1. The van der Waals surface area contributed by atoms with Gasteiger partial charge in [0.15, 0.2) is 0 Å². The Morgan fingerprint density at radius 1 is 1.40 bits per heavy atom. The second-order valence-corrected chi connectivity index (χ2v) is 9.18. The van der Waals surface area contributed by atoms with Crippen LogP contribution in [-0.2, 0) is 34.5 Å². The van der Waals surface area contributed by atoms with Gasteiger partial charge in [0.2, 0.25) is 18.5 Å². The molecule has 0 bridgehead atoms. The number of rotatable bonds is 7. The van der Waals surface area contributed by atoms with Crippen molar-refractivity contribution in [3.8, 4) is 0 Å². The number of aromatic nitrogens is 4. The number of hydrogen-bond acceptors (Lipinski definition) is 10. The minimum absolute atomic E-state index is 0.0943. The fourth-order valence-corrected chi connectivity index (χ4v) is 4.75. The second kappa shape index (κ2) is 8.09. The first-order chi connectivity index (χ1) is 13.8. The first-order valence-corrected chi connectivity index (χ1v) is 11.2. The van der Waals surface area contributed by atoms with Gasteiger partial charge < -0.3 is 35.0 Å². The molecule has 0 spiro atoms. The van der Waals surface area contributed by atoms with Crippen molar-refractivity contribution in [1.29, 1.82) is 0 Å². The first-order valence-electron chi connectivity index (χ1n) is 8.19. The number of imidazole rings is 1. The Labute approximate surface area is 167 Å². The predicted octanol–water partition coefficient (Wildman–Crippen LogP) is -2.37. The molecule has 7 N–H and O–H groups in total. The van der Waals surface area contributed by atoms with Gasteiger partial charge in [-0.05, 0) is 0 Å². The Morgan fingerprint density at radius 2 is 2.07 bits per heavy atom. The summed E-state index contributed by atoms with van der Waals surface area (Å²) in [5, 5.41) is 10.6. The smallest absolute Gasteiger partial charge is 0.383 e. The SMILES string of the molecule is CO[C@@H]1C(O)[C@H](n2c[n+](C)c3c(=O)[nH]c(N)nc32)O[C@@H]1COP(=O)(O)OP(=O)(O)O. The van der Waals surface area contributed by atoms with Crippen LogP contribution in [0.25, 0.3) is 11.2 Å². The third-order valence-corrected chi connectivity index (χ3v) is 6.41. The molecule has 3 heterocycles. The molecule has 168 valence electrons. The van der Waals surface area contributed by atoms with Gasteiger partial charge in [0.1, 0.15) is 18.3 Å². The van der Waals surface area contributed by atoms with Crippen LogP contribution in [0, 0.1) is 0 Å². The highest BCUT2D eigenvalue weighted by molar-refractivity contribution is 7.60. The van der Waals surface area contributed by atoms with Crippen molar-refractivity contribution < 1.29 is 51.8 Å². The zero-order valence-corrected chi connectivity index (χ0v) is 17.3. The minimum atomic E-state index is -5.30. The van der Waals surface area contributed by atoms with Gasteiger partial charge in [0, 0.05) is 7.11 Å². The van der Waals surface area contributed by atoms with E-state index in [2.05, 4.69) is 18.8 Å². The zero-order valence-electron chi connectivity index (χ0n) is 15.6. The summed E-state index contributed by atoms with van der Waals surface area (Å²) in [7, 11) is -7.62. The van der Waals surface area contributed by atoms with E-state index >= 15 is 0 Å². The van der Waals surface area contributed by atoms with E-state index < -0.39 is 52.4 Å². The number of aliphatic hydroxyl groups excluding tert-OH is 1. The molecule has 0 aliphatic carbocycles. The van der Waals surface area contributed by atoms with Gasteiger partial charge in [0.05, 0.1) is 13.7 Å². The lowest BCUT2D eigenvalue weighted by Crippen LogP contribution is -2.35. The van der Waals surface area contributed by atoms with Gasteiger partial charge in [0.25, 0.3) is 11.2 Å². The molecule has 0 radical (unpaired) electrons. The molecule has 16 nitrogen and oxygen atoms in total. The zero-order chi connectivity index (χ0) is 22.4. The van der Waals surface area contributed by atoms with E-state index in [-0.39, 0.29) is 17.1 Å². The number of nitrogens with zero attached hydrogens (tertiary/aromatic N) is 3. The van der Waals surface area contributed by atoms with E-state index in [0.717, 1.165) is 0 Å².